The zero-order valence-corrected chi connectivity index (χ0v) is 11.8. The van der Waals surface area contributed by atoms with E-state index in [9.17, 15) is 15.2 Å². The minimum absolute atomic E-state index is 0.0556. The molecule has 112 valence electrons. The van der Waals surface area contributed by atoms with Crippen LogP contribution in [0.25, 0.3) is 0 Å². The number of hydrazine groups is 1. The third-order valence-electron chi connectivity index (χ3n) is 3.40. The number of rotatable bonds is 8. The summed E-state index contributed by atoms with van der Waals surface area (Å²) in [4.78, 5) is 10.3. The summed E-state index contributed by atoms with van der Waals surface area (Å²) in [6.07, 6.45) is 1.30. The van der Waals surface area contributed by atoms with Gasteiger partial charge in [-0.15, -0.1) is 0 Å². The summed E-state index contributed by atoms with van der Waals surface area (Å²) >= 11 is 0. The van der Waals surface area contributed by atoms with E-state index in [2.05, 4.69) is 10.7 Å². The van der Waals surface area contributed by atoms with Crippen molar-refractivity contribution in [3.05, 3.63) is 28.3 Å². The number of nitrogens with one attached hydrogen (secondary N) is 2. The monoisotopic (exact) mass is 282 g/mol. The Kier molecular flexibility index (Phi) is 6.20. The molecule has 0 heterocycles. The van der Waals surface area contributed by atoms with E-state index in [1.807, 2.05) is 13.8 Å². The molecule has 0 amide bonds. The first kappa shape index (κ1) is 16.2. The second-order valence-corrected chi connectivity index (χ2v) is 4.69. The molecule has 1 rings (SSSR count). The summed E-state index contributed by atoms with van der Waals surface area (Å²) < 4.78 is 0. The number of non-ortho nitro benzene ring substituents is 1. The van der Waals surface area contributed by atoms with Crippen LogP contribution in [-0.4, -0.2) is 22.7 Å². The van der Waals surface area contributed by atoms with Crippen LogP contribution >= 0.6 is 0 Å². The molecule has 7 nitrogen and oxygen atoms in total. The fourth-order valence-corrected chi connectivity index (χ4v) is 2.12. The third kappa shape index (κ3) is 4.36. The zero-order valence-electron chi connectivity index (χ0n) is 11.8. The molecule has 0 aliphatic carbocycles. The lowest BCUT2D eigenvalue weighted by Crippen LogP contribution is -2.27. The van der Waals surface area contributed by atoms with Gasteiger partial charge in [-0.25, -0.2) is 0 Å². The molecule has 1 aromatic rings. The summed E-state index contributed by atoms with van der Waals surface area (Å²) in [7, 11) is 0. The average molecular weight is 282 g/mol. The van der Waals surface area contributed by atoms with Crippen LogP contribution < -0.4 is 16.6 Å². The molecule has 0 saturated carbocycles. The van der Waals surface area contributed by atoms with Gasteiger partial charge in [0.2, 0.25) is 0 Å². The summed E-state index contributed by atoms with van der Waals surface area (Å²) in [5, 5.41) is 23.9. The van der Waals surface area contributed by atoms with Crippen LogP contribution in [0.3, 0.4) is 0 Å². The molecule has 0 bridgehead atoms. The van der Waals surface area contributed by atoms with Gasteiger partial charge < -0.3 is 15.8 Å². The molecule has 0 radical (unpaired) electrons. The number of aliphatic hydroxyl groups is 1. The van der Waals surface area contributed by atoms with Gasteiger partial charge in [0.1, 0.15) is 0 Å². The second kappa shape index (κ2) is 7.66. The lowest BCUT2D eigenvalue weighted by atomic mass is 9.96. The quantitative estimate of drug-likeness (QED) is 0.330. The van der Waals surface area contributed by atoms with E-state index in [4.69, 9.17) is 5.84 Å². The lowest BCUT2D eigenvalue weighted by molar-refractivity contribution is -0.384. The molecule has 0 aliphatic heterocycles. The van der Waals surface area contributed by atoms with Gasteiger partial charge in [0.05, 0.1) is 16.7 Å². The van der Waals surface area contributed by atoms with E-state index in [1.54, 1.807) is 6.07 Å². The Morgan fingerprint density at radius 3 is 2.40 bits per heavy atom. The summed E-state index contributed by atoms with van der Waals surface area (Å²) in [5.74, 6) is 5.50. The Morgan fingerprint density at radius 2 is 1.90 bits per heavy atom. The van der Waals surface area contributed by atoms with Crippen molar-refractivity contribution in [1.29, 1.82) is 0 Å². The van der Waals surface area contributed by atoms with E-state index in [0.29, 0.717) is 17.9 Å². The Hall–Kier alpha value is -1.86. The topological polar surface area (TPSA) is 113 Å². The van der Waals surface area contributed by atoms with Gasteiger partial charge in [-0.05, 0) is 12.0 Å². The summed E-state index contributed by atoms with van der Waals surface area (Å²) in [6.45, 7) is 4.40. The fraction of sp³-hybridized carbons (Fsp3) is 0.538. The fourth-order valence-electron chi connectivity index (χ4n) is 2.12. The molecule has 0 aliphatic rings. The van der Waals surface area contributed by atoms with Gasteiger partial charge in [0, 0.05) is 24.4 Å². The molecule has 0 aromatic heterocycles. The molecule has 0 spiro atoms. The highest BCUT2D eigenvalue weighted by atomic mass is 16.6. The number of nitrogens with two attached hydrogens (primary N) is 1. The van der Waals surface area contributed by atoms with E-state index in [1.165, 1.54) is 12.1 Å². The number of anilines is 2. The number of nitro benzene ring substituents is 1. The Morgan fingerprint density at radius 1 is 1.30 bits per heavy atom. The van der Waals surface area contributed by atoms with Crippen molar-refractivity contribution < 1.29 is 10.0 Å². The largest absolute Gasteiger partial charge is 0.391 e. The minimum atomic E-state index is -0.487. The number of nitrogen functional groups attached to an aromatic ring is 1. The number of nitrogens with zero attached hydrogens (tertiary/aromatic N) is 1. The van der Waals surface area contributed by atoms with Crippen LogP contribution in [-0.2, 0) is 0 Å². The number of aliphatic hydroxyl groups excluding tert-OH is 1. The van der Waals surface area contributed by atoms with Gasteiger partial charge >= 0.3 is 0 Å². The normalized spacial score (nSPS) is 12.2. The van der Waals surface area contributed by atoms with Crippen LogP contribution in [0.5, 0.6) is 0 Å². The molecule has 20 heavy (non-hydrogen) atoms. The number of nitro groups is 1. The highest BCUT2D eigenvalue weighted by Crippen LogP contribution is 2.24. The van der Waals surface area contributed by atoms with E-state index in [0.717, 1.165) is 12.8 Å². The van der Waals surface area contributed by atoms with Crippen molar-refractivity contribution in [3.8, 4) is 0 Å². The molecule has 7 heteroatoms. The van der Waals surface area contributed by atoms with E-state index < -0.39 is 11.0 Å². The standard InChI is InChI=1S/C13H22N4O3/c1-3-9(4-2)13(18)8-15-10-5-11(16-14)7-12(6-10)17(19)20/h5-7,9,13,15-16,18H,3-4,8,14H2,1-2H3. The van der Waals surface area contributed by atoms with Crippen LogP contribution in [0.15, 0.2) is 18.2 Å². The Bertz CT molecular complexity index is 449. The smallest absolute Gasteiger partial charge is 0.273 e. The van der Waals surface area contributed by atoms with Crippen molar-refractivity contribution in [1.82, 2.24) is 0 Å². The van der Waals surface area contributed by atoms with Crippen LogP contribution in [0, 0.1) is 16.0 Å². The maximum absolute atomic E-state index is 10.8. The number of hydrogen-bond donors (Lipinski definition) is 4. The second-order valence-electron chi connectivity index (χ2n) is 4.69. The highest BCUT2D eigenvalue weighted by molar-refractivity contribution is 5.63. The average Bonchev–Trinajstić information content (AvgIpc) is 2.45. The predicted molar refractivity (Wildman–Crippen MR) is 79.5 cm³/mol. The van der Waals surface area contributed by atoms with Crippen molar-refractivity contribution in [3.63, 3.8) is 0 Å². The Balaban J connectivity index is 2.76. The molecule has 0 saturated heterocycles. The molecule has 1 atom stereocenters. The maximum atomic E-state index is 10.8. The van der Waals surface area contributed by atoms with Crippen molar-refractivity contribution in [2.45, 2.75) is 32.8 Å². The number of hydrogen-bond acceptors (Lipinski definition) is 6. The SMILES string of the molecule is CCC(CC)C(O)CNc1cc(NN)cc([N+](=O)[O-])c1. The first-order valence-corrected chi connectivity index (χ1v) is 6.69. The van der Waals surface area contributed by atoms with Crippen molar-refractivity contribution >= 4 is 17.1 Å². The van der Waals surface area contributed by atoms with Crippen LogP contribution in [0.4, 0.5) is 17.1 Å². The van der Waals surface area contributed by atoms with Crippen LogP contribution in [0.2, 0.25) is 0 Å². The first-order chi connectivity index (χ1) is 9.51. The predicted octanol–water partition coefficient (Wildman–Crippen LogP) is 2.09. The maximum Gasteiger partial charge on any atom is 0.273 e. The van der Waals surface area contributed by atoms with E-state index >= 15 is 0 Å². The van der Waals surface area contributed by atoms with Gasteiger partial charge in [-0.2, -0.15) is 0 Å². The molecule has 5 N–H and O–H groups in total. The lowest BCUT2D eigenvalue weighted by Gasteiger charge is -2.21. The van der Waals surface area contributed by atoms with Gasteiger partial charge in [-0.1, -0.05) is 26.7 Å². The third-order valence-corrected chi connectivity index (χ3v) is 3.40. The molecule has 1 aromatic carbocycles. The highest BCUT2D eigenvalue weighted by Gasteiger charge is 2.16. The molecular formula is C13H22N4O3. The van der Waals surface area contributed by atoms with Crippen LogP contribution in [0.1, 0.15) is 26.7 Å². The summed E-state index contributed by atoms with van der Waals surface area (Å²) in [6, 6.07) is 4.43. The van der Waals surface area contributed by atoms with Crippen molar-refractivity contribution in [2.24, 2.45) is 11.8 Å². The number of benzene rings is 1. The van der Waals surface area contributed by atoms with Gasteiger partial charge in [0.15, 0.2) is 0 Å². The molecular weight excluding hydrogens is 260 g/mol. The van der Waals surface area contributed by atoms with Crippen molar-refractivity contribution in [2.75, 3.05) is 17.3 Å². The van der Waals surface area contributed by atoms with Gasteiger partial charge in [0.25, 0.3) is 5.69 Å². The molecule has 1 unspecified atom stereocenters. The van der Waals surface area contributed by atoms with Gasteiger partial charge in [-0.3, -0.25) is 16.0 Å². The first-order valence-electron chi connectivity index (χ1n) is 6.69. The molecule has 0 fully saturated rings. The van der Waals surface area contributed by atoms with E-state index in [-0.39, 0.29) is 11.6 Å². The summed E-state index contributed by atoms with van der Waals surface area (Å²) in [5.41, 5.74) is 3.33. The zero-order chi connectivity index (χ0) is 15.1. The minimum Gasteiger partial charge on any atom is -0.391 e. The Labute approximate surface area is 118 Å².